The molecule has 0 amide bonds. The van der Waals surface area contributed by atoms with Crippen molar-refractivity contribution in [3.8, 4) is 0 Å². The lowest BCUT2D eigenvalue weighted by molar-refractivity contribution is 0.399. The first-order valence-corrected chi connectivity index (χ1v) is 4.82. The van der Waals surface area contributed by atoms with E-state index in [9.17, 15) is 0 Å². The maximum Gasteiger partial charge on any atom is 0.0319 e. The summed E-state index contributed by atoms with van der Waals surface area (Å²) in [5.74, 6) is 0. The van der Waals surface area contributed by atoms with Gasteiger partial charge in [0.05, 0.1) is 0 Å². The molecule has 0 aliphatic carbocycles. The molecule has 0 aliphatic rings. The molecule has 0 bridgehead atoms. The zero-order valence-electron chi connectivity index (χ0n) is 8.70. The summed E-state index contributed by atoms with van der Waals surface area (Å²) < 4.78 is 0. The molecule has 0 aromatic heterocycles. The number of hydrogen-bond donors (Lipinski definition) is 1. The van der Waals surface area contributed by atoms with Gasteiger partial charge in [0, 0.05) is 7.11 Å². The van der Waals surface area contributed by atoms with Crippen molar-refractivity contribution in [2.45, 2.75) is 13.3 Å². The maximum absolute atomic E-state index is 7.00. The maximum atomic E-state index is 7.00. The largest absolute Gasteiger partial charge is 0.400 e. The zero-order valence-corrected chi connectivity index (χ0v) is 8.70. The van der Waals surface area contributed by atoms with E-state index < -0.39 is 0 Å². The number of hydrogen-bond acceptors (Lipinski definition) is 1. The number of rotatable bonds is 1. The van der Waals surface area contributed by atoms with Gasteiger partial charge in [0.15, 0.2) is 0 Å². The van der Waals surface area contributed by atoms with Crippen molar-refractivity contribution in [1.82, 2.24) is 0 Å². The fourth-order valence-electron chi connectivity index (χ4n) is 1.46. The van der Waals surface area contributed by atoms with Gasteiger partial charge in [0.25, 0.3) is 0 Å². The number of fused-ring (bicyclic) bond motifs is 1. The van der Waals surface area contributed by atoms with Crippen LogP contribution in [0.2, 0.25) is 0 Å². The van der Waals surface area contributed by atoms with E-state index >= 15 is 0 Å². The molecule has 1 N–H and O–H groups in total. The average Bonchev–Trinajstić information content (AvgIpc) is 2.31. The van der Waals surface area contributed by atoms with E-state index in [2.05, 4.69) is 49.4 Å². The minimum Gasteiger partial charge on any atom is -0.400 e. The molecule has 0 heterocycles. The summed E-state index contributed by atoms with van der Waals surface area (Å²) >= 11 is 0. The van der Waals surface area contributed by atoms with Gasteiger partial charge in [-0.15, -0.1) is 0 Å². The predicted molar refractivity (Wildman–Crippen MR) is 61.5 cm³/mol. The highest BCUT2D eigenvalue weighted by molar-refractivity contribution is 5.82. The molecule has 0 atom stereocenters. The summed E-state index contributed by atoms with van der Waals surface area (Å²) in [7, 11) is 1.00. The number of aryl methyl sites for hydroxylation is 1. The van der Waals surface area contributed by atoms with Crippen molar-refractivity contribution >= 4 is 10.8 Å². The zero-order chi connectivity index (χ0) is 10.4. The van der Waals surface area contributed by atoms with Crippen molar-refractivity contribution in [3.63, 3.8) is 0 Å². The van der Waals surface area contributed by atoms with Crippen LogP contribution in [-0.2, 0) is 6.42 Å². The van der Waals surface area contributed by atoms with Crippen molar-refractivity contribution in [3.05, 3.63) is 48.0 Å². The second-order valence-corrected chi connectivity index (χ2v) is 3.04. The monoisotopic (exact) mass is 188 g/mol. The first-order valence-electron chi connectivity index (χ1n) is 4.82. The van der Waals surface area contributed by atoms with E-state index in [-0.39, 0.29) is 0 Å². The molecule has 0 saturated heterocycles. The van der Waals surface area contributed by atoms with Crippen LogP contribution in [0, 0.1) is 0 Å². The summed E-state index contributed by atoms with van der Waals surface area (Å²) in [6.45, 7) is 2.18. The Kier molecular flexibility index (Phi) is 4.14. The summed E-state index contributed by atoms with van der Waals surface area (Å²) in [5.41, 5.74) is 1.41. The van der Waals surface area contributed by atoms with Gasteiger partial charge in [0.2, 0.25) is 0 Å². The molecule has 0 radical (unpaired) electrons. The molecule has 0 fully saturated rings. The highest BCUT2D eigenvalue weighted by Gasteiger charge is 1.92. The standard InChI is InChI=1S/C12H12.CH4O/c1-2-10-7-8-11-5-3-4-6-12(11)9-10;1-2/h3-9H,2H2,1H3;2H,1H3. The summed E-state index contributed by atoms with van der Waals surface area (Å²) in [6.07, 6.45) is 1.12. The highest BCUT2D eigenvalue weighted by Crippen LogP contribution is 2.15. The molecule has 2 aromatic carbocycles. The second-order valence-electron chi connectivity index (χ2n) is 3.04. The van der Waals surface area contributed by atoms with Gasteiger partial charge in [-0.2, -0.15) is 0 Å². The van der Waals surface area contributed by atoms with Crippen LogP contribution in [0.15, 0.2) is 42.5 Å². The third kappa shape index (κ3) is 2.33. The fourth-order valence-corrected chi connectivity index (χ4v) is 1.46. The number of aliphatic hydroxyl groups excluding tert-OH is 1. The Morgan fingerprint density at radius 2 is 1.57 bits per heavy atom. The van der Waals surface area contributed by atoms with E-state index in [0.29, 0.717) is 0 Å². The van der Waals surface area contributed by atoms with Crippen LogP contribution in [-0.4, -0.2) is 12.2 Å². The molecule has 0 spiro atoms. The Labute approximate surface area is 85.0 Å². The lowest BCUT2D eigenvalue weighted by atomic mass is 10.1. The summed E-state index contributed by atoms with van der Waals surface area (Å²) in [4.78, 5) is 0. The Hall–Kier alpha value is -1.34. The van der Waals surface area contributed by atoms with E-state index in [1.807, 2.05) is 0 Å². The third-order valence-corrected chi connectivity index (χ3v) is 2.22. The van der Waals surface area contributed by atoms with Crippen LogP contribution < -0.4 is 0 Å². The van der Waals surface area contributed by atoms with Gasteiger partial charge in [-0.3, -0.25) is 0 Å². The summed E-state index contributed by atoms with van der Waals surface area (Å²) in [6, 6.07) is 15.1. The van der Waals surface area contributed by atoms with Crippen LogP contribution in [0.4, 0.5) is 0 Å². The Bertz CT molecular complexity index is 393. The minimum absolute atomic E-state index is 1.00. The van der Waals surface area contributed by atoms with Crippen LogP contribution in [0.3, 0.4) is 0 Å². The van der Waals surface area contributed by atoms with Crippen LogP contribution in [0.1, 0.15) is 12.5 Å². The van der Waals surface area contributed by atoms with E-state index in [0.717, 1.165) is 13.5 Å². The smallest absolute Gasteiger partial charge is 0.0319 e. The molecule has 2 aromatic rings. The van der Waals surface area contributed by atoms with Crippen LogP contribution in [0.5, 0.6) is 0 Å². The fraction of sp³-hybridized carbons (Fsp3) is 0.231. The van der Waals surface area contributed by atoms with Gasteiger partial charge < -0.3 is 5.11 Å². The SMILES string of the molecule is CCc1ccc2ccccc2c1.CO. The molecular weight excluding hydrogens is 172 g/mol. The molecule has 0 unspecified atom stereocenters. The lowest BCUT2D eigenvalue weighted by Gasteiger charge is -1.99. The van der Waals surface area contributed by atoms with E-state index in [4.69, 9.17) is 5.11 Å². The molecule has 0 aliphatic heterocycles. The van der Waals surface area contributed by atoms with Gasteiger partial charge in [0.1, 0.15) is 0 Å². The Balaban J connectivity index is 0.000000461. The molecule has 0 saturated carbocycles. The first kappa shape index (κ1) is 10.7. The van der Waals surface area contributed by atoms with Crippen molar-refractivity contribution < 1.29 is 5.11 Å². The molecule has 14 heavy (non-hydrogen) atoms. The number of aliphatic hydroxyl groups is 1. The molecular formula is C13H16O. The topological polar surface area (TPSA) is 20.2 Å². The normalized spacial score (nSPS) is 9.36. The molecule has 1 nitrogen and oxygen atoms in total. The Morgan fingerprint density at radius 1 is 0.929 bits per heavy atom. The summed E-state index contributed by atoms with van der Waals surface area (Å²) in [5, 5.41) is 9.67. The molecule has 74 valence electrons. The van der Waals surface area contributed by atoms with Crippen molar-refractivity contribution in [2.24, 2.45) is 0 Å². The minimum atomic E-state index is 1.00. The lowest BCUT2D eigenvalue weighted by Crippen LogP contribution is -1.79. The van der Waals surface area contributed by atoms with Crippen LogP contribution >= 0.6 is 0 Å². The Morgan fingerprint density at radius 3 is 2.21 bits per heavy atom. The third-order valence-electron chi connectivity index (χ3n) is 2.22. The van der Waals surface area contributed by atoms with Crippen LogP contribution in [0.25, 0.3) is 10.8 Å². The quantitative estimate of drug-likeness (QED) is 0.729. The van der Waals surface area contributed by atoms with Gasteiger partial charge in [-0.25, -0.2) is 0 Å². The molecule has 2 rings (SSSR count). The van der Waals surface area contributed by atoms with Gasteiger partial charge in [-0.05, 0) is 22.8 Å². The van der Waals surface area contributed by atoms with Gasteiger partial charge in [-0.1, -0.05) is 49.4 Å². The predicted octanol–water partition coefficient (Wildman–Crippen LogP) is 3.01. The number of benzene rings is 2. The van der Waals surface area contributed by atoms with Crippen molar-refractivity contribution in [1.29, 1.82) is 0 Å². The average molecular weight is 188 g/mol. The molecule has 1 heteroatoms. The second kappa shape index (κ2) is 5.40. The highest BCUT2D eigenvalue weighted by atomic mass is 16.2. The van der Waals surface area contributed by atoms with E-state index in [1.165, 1.54) is 16.3 Å². The first-order chi connectivity index (χ1) is 6.90. The van der Waals surface area contributed by atoms with Gasteiger partial charge >= 0.3 is 0 Å². The van der Waals surface area contributed by atoms with Crippen molar-refractivity contribution in [2.75, 3.05) is 7.11 Å². The van der Waals surface area contributed by atoms with E-state index in [1.54, 1.807) is 0 Å².